The minimum absolute atomic E-state index is 0.0995. The summed E-state index contributed by atoms with van der Waals surface area (Å²) in [6.45, 7) is 6.77. The lowest BCUT2D eigenvalue weighted by Gasteiger charge is -2.64. The molecule has 17 heteroatoms. The Bertz CT molecular complexity index is 1420. The van der Waals surface area contributed by atoms with Gasteiger partial charge in [-0.25, -0.2) is 0 Å². The molecule has 3 aliphatic heterocycles. The van der Waals surface area contributed by atoms with Crippen molar-refractivity contribution >= 4 is 5.97 Å². The lowest BCUT2D eigenvalue weighted by molar-refractivity contribution is -0.365. The van der Waals surface area contributed by atoms with Gasteiger partial charge in [-0.1, -0.05) is 19.9 Å². The van der Waals surface area contributed by atoms with E-state index in [1.54, 1.807) is 0 Å². The smallest absolute Gasteiger partial charge is 0.314 e. The molecule has 55 heavy (non-hydrogen) atoms. The van der Waals surface area contributed by atoms with Gasteiger partial charge in [-0.05, 0) is 86.5 Å². The molecule has 0 aromatic heterocycles. The van der Waals surface area contributed by atoms with Gasteiger partial charge in [-0.15, -0.1) is 0 Å². The zero-order valence-electron chi connectivity index (χ0n) is 31.5. The van der Waals surface area contributed by atoms with Crippen LogP contribution in [-0.4, -0.2) is 168 Å². The van der Waals surface area contributed by atoms with Crippen molar-refractivity contribution in [2.75, 3.05) is 19.8 Å². The molecule has 0 radical (unpaired) electrons. The molecule has 7 fully saturated rings. The van der Waals surface area contributed by atoms with Crippen LogP contribution in [0.25, 0.3) is 0 Å². The summed E-state index contributed by atoms with van der Waals surface area (Å²) in [5.41, 5.74) is -1.58. The number of aliphatic hydroxyl groups excluding tert-OH is 10. The first-order chi connectivity index (χ1) is 26.0. The van der Waals surface area contributed by atoms with Crippen molar-refractivity contribution in [3.8, 4) is 0 Å². The fraction of sp³-hybridized carbons (Fsp3) is 0.921. The van der Waals surface area contributed by atoms with Gasteiger partial charge in [0.1, 0.15) is 61.0 Å². The molecule has 3 heterocycles. The van der Waals surface area contributed by atoms with Crippen molar-refractivity contribution in [3.05, 3.63) is 12.2 Å². The van der Waals surface area contributed by atoms with Crippen molar-refractivity contribution in [1.82, 2.24) is 0 Å². The van der Waals surface area contributed by atoms with E-state index < -0.39 is 123 Å². The number of carbonyl (C=O) groups excluding carboxylic acids is 1. The van der Waals surface area contributed by atoms with Crippen LogP contribution >= 0.6 is 0 Å². The second-order valence-corrected chi connectivity index (χ2v) is 17.9. The summed E-state index contributed by atoms with van der Waals surface area (Å²) in [5, 5.41) is 103. The SMILES string of the molecule is C=C1C[C@@]23CC[C@H]4[C@@](C)(CCC[C@@]4(C)C(=O)O[C@@H]4O[C@H](CO)[C@@H](O)[C@H](O)[C@H]4O)[C@@H]2CC[C@]1(O[C@@H]1O[C@H](CO)[C@@H](O)[C@H](O)[C@H]1O[C@H]1C[C@@H](O)[C@H](O)[C@@H](CO)O1)C3. The van der Waals surface area contributed by atoms with E-state index in [1.807, 2.05) is 6.92 Å². The first-order valence-electron chi connectivity index (χ1n) is 19.8. The molecule has 7 rings (SSSR count). The van der Waals surface area contributed by atoms with Gasteiger partial charge >= 0.3 is 5.97 Å². The van der Waals surface area contributed by atoms with Crippen LogP contribution < -0.4 is 0 Å². The Balaban J connectivity index is 1.09. The molecule has 4 aliphatic carbocycles. The second kappa shape index (κ2) is 15.3. The van der Waals surface area contributed by atoms with Crippen LogP contribution in [0, 0.1) is 28.1 Å². The van der Waals surface area contributed by atoms with Crippen molar-refractivity contribution in [3.63, 3.8) is 0 Å². The Morgan fingerprint density at radius 3 is 2.04 bits per heavy atom. The van der Waals surface area contributed by atoms with Crippen LogP contribution in [0.15, 0.2) is 12.2 Å². The monoisotopic (exact) mass is 788 g/mol. The Kier molecular flexibility index (Phi) is 11.6. The highest BCUT2D eigenvalue weighted by Crippen LogP contribution is 2.73. The maximum absolute atomic E-state index is 14.1. The van der Waals surface area contributed by atoms with Crippen molar-refractivity contribution < 1.29 is 84.3 Å². The van der Waals surface area contributed by atoms with Gasteiger partial charge in [0.2, 0.25) is 6.29 Å². The van der Waals surface area contributed by atoms with E-state index in [-0.39, 0.29) is 29.1 Å². The number of fused-ring (bicyclic) bond motifs is 3. The third kappa shape index (κ3) is 6.82. The number of aliphatic hydroxyl groups is 10. The van der Waals surface area contributed by atoms with E-state index in [4.69, 9.17) is 28.4 Å². The minimum Gasteiger partial charge on any atom is -0.432 e. The van der Waals surface area contributed by atoms with E-state index in [0.29, 0.717) is 38.5 Å². The van der Waals surface area contributed by atoms with Gasteiger partial charge in [0.05, 0.1) is 36.9 Å². The van der Waals surface area contributed by atoms with E-state index in [0.717, 1.165) is 24.8 Å². The molecule has 10 N–H and O–H groups in total. The number of ether oxygens (including phenoxy) is 6. The van der Waals surface area contributed by atoms with Gasteiger partial charge in [0.25, 0.3) is 0 Å². The van der Waals surface area contributed by atoms with E-state index >= 15 is 0 Å². The molecule has 17 nitrogen and oxygen atoms in total. The highest BCUT2D eigenvalue weighted by molar-refractivity contribution is 5.77. The average Bonchev–Trinajstić information content (AvgIpc) is 3.35. The van der Waals surface area contributed by atoms with Crippen molar-refractivity contribution in [1.29, 1.82) is 0 Å². The van der Waals surface area contributed by atoms with Crippen molar-refractivity contribution in [2.45, 2.75) is 170 Å². The van der Waals surface area contributed by atoms with Gasteiger partial charge < -0.3 is 79.5 Å². The van der Waals surface area contributed by atoms with Crippen LogP contribution in [0.2, 0.25) is 0 Å². The molecule has 314 valence electrons. The van der Waals surface area contributed by atoms with Gasteiger partial charge in [-0.2, -0.15) is 0 Å². The first-order valence-corrected chi connectivity index (χ1v) is 19.8. The van der Waals surface area contributed by atoms with E-state index in [1.165, 1.54) is 0 Å². The molecule has 4 saturated carbocycles. The normalized spacial score (nSPS) is 54.0. The number of carbonyl (C=O) groups is 1. The quantitative estimate of drug-likeness (QED) is 0.0694. The molecule has 1 spiro atoms. The molecule has 0 aromatic rings. The molecule has 3 saturated heterocycles. The van der Waals surface area contributed by atoms with Crippen LogP contribution in [0.3, 0.4) is 0 Å². The molecule has 20 atom stereocenters. The fourth-order valence-electron chi connectivity index (χ4n) is 12.0. The molecule has 2 bridgehead atoms. The summed E-state index contributed by atoms with van der Waals surface area (Å²) in [5.74, 6) is -0.509. The zero-order valence-corrected chi connectivity index (χ0v) is 31.5. The Morgan fingerprint density at radius 1 is 0.745 bits per heavy atom. The Hall–Kier alpha value is -1.39. The molecule has 0 aromatic carbocycles. The average molecular weight is 789 g/mol. The summed E-state index contributed by atoms with van der Waals surface area (Å²) in [6.07, 6.45) is -13.8. The predicted octanol–water partition coefficient (Wildman–Crippen LogP) is -1.91. The number of hydrogen-bond acceptors (Lipinski definition) is 17. The van der Waals surface area contributed by atoms with E-state index in [2.05, 4.69) is 13.5 Å². The summed E-state index contributed by atoms with van der Waals surface area (Å²) in [7, 11) is 0. The Morgan fingerprint density at radius 2 is 1.36 bits per heavy atom. The first kappa shape index (κ1) is 41.8. The zero-order chi connectivity index (χ0) is 39.8. The molecule has 0 amide bonds. The third-order valence-corrected chi connectivity index (χ3v) is 14.9. The predicted molar refractivity (Wildman–Crippen MR) is 185 cm³/mol. The van der Waals surface area contributed by atoms with Gasteiger partial charge in [0.15, 0.2) is 12.6 Å². The topological polar surface area (TPSA) is 275 Å². The lowest BCUT2D eigenvalue weighted by Crippen LogP contribution is -2.64. The third-order valence-electron chi connectivity index (χ3n) is 14.9. The second-order valence-electron chi connectivity index (χ2n) is 17.9. The highest BCUT2D eigenvalue weighted by Gasteiger charge is 2.69. The lowest BCUT2D eigenvalue weighted by atomic mass is 9.41. The van der Waals surface area contributed by atoms with Crippen LogP contribution in [0.1, 0.15) is 78.1 Å². The molecular formula is C38H60O17. The van der Waals surface area contributed by atoms with Gasteiger partial charge in [-0.3, -0.25) is 4.79 Å². The summed E-state index contributed by atoms with van der Waals surface area (Å²) in [6, 6.07) is 0. The maximum Gasteiger partial charge on any atom is 0.314 e. The van der Waals surface area contributed by atoms with Crippen LogP contribution in [0.5, 0.6) is 0 Å². The van der Waals surface area contributed by atoms with Gasteiger partial charge in [0, 0.05) is 6.42 Å². The van der Waals surface area contributed by atoms with Crippen LogP contribution in [-0.2, 0) is 33.2 Å². The van der Waals surface area contributed by atoms with E-state index in [9.17, 15) is 55.9 Å². The number of rotatable bonds is 9. The molecule has 0 unspecified atom stereocenters. The highest BCUT2D eigenvalue weighted by atomic mass is 16.8. The fourth-order valence-corrected chi connectivity index (χ4v) is 12.0. The Labute approximate surface area is 319 Å². The molecular weight excluding hydrogens is 728 g/mol. The number of esters is 1. The standard InChI is InChI=1S/C38H60O17/c1-17-12-37-9-5-22-35(2,7-4-8-36(22,3)34(49)54-32-30(48)28(46)26(44)20(14-40)51-32)23(37)6-10-38(17,16-37)55-33-31(29(47)27(45)21(15-41)52-33)53-24-11-18(42)25(43)19(13-39)50-24/h18-33,39-48H,1,4-16H2,2-3H3/t18-,19-,20-,21-,22+,23+,24+,25+,26-,27-,28+,29+,30-,31-,32+,33+,35-,36-,37-,38+/m1/s1. The maximum atomic E-state index is 14.1. The minimum atomic E-state index is -1.70. The largest absolute Gasteiger partial charge is 0.432 e. The molecule has 7 aliphatic rings. The summed E-state index contributed by atoms with van der Waals surface area (Å²) < 4.78 is 36.0. The summed E-state index contributed by atoms with van der Waals surface area (Å²) >= 11 is 0. The van der Waals surface area contributed by atoms with Crippen LogP contribution in [0.4, 0.5) is 0 Å². The summed E-state index contributed by atoms with van der Waals surface area (Å²) in [4.78, 5) is 14.1. The number of hydrogen-bond donors (Lipinski definition) is 10. The van der Waals surface area contributed by atoms with Crippen molar-refractivity contribution in [2.24, 2.45) is 28.1 Å².